The Labute approximate surface area is 174 Å². The van der Waals surface area contributed by atoms with Gasteiger partial charge in [0.25, 0.3) is 5.91 Å². The molecule has 0 spiro atoms. The van der Waals surface area contributed by atoms with Crippen LogP contribution in [0, 0.1) is 6.92 Å². The molecule has 0 atom stereocenters. The lowest BCUT2D eigenvalue weighted by Gasteiger charge is -2.27. The molecule has 0 aliphatic carbocycles. The van der Waals surface area contributed by atoms with Crippen LogP contribution in [-0.2, 0) is 17.4 Å². The van der Waals surface area contributed by atoms with E-state index in [1.54, 1.807) is 21.0 Å². The molecule has 1 aromatic carbocycles. The van der Waals surface area contributed by atoms with E-state index in [9.17, 15) is 4.79 Å². The van der Waals surface area contributed by atoms with Crippen molar-refractivity contribution in [1.82, 2.24) is 14.9 Å². The molecule has 0 unspecified atom stereocenters. The average molecular weight is 399 g/mol. The Balaban J connectivity index is 2.46. The molecule has 0 radical (unpaired) electrons. The van der Waals surface area contributed by atoms with E-state index in [0.717, 1.165) is 11.3 Å². The molecule has 1 aromatic heterocycles. The summed E-state index contributed by atoms with van der Waals surface area (Å²) in [5.74, 6) is 0.749. The molecule has 6 nitrogen and oxygen atoms in total. The van der Waals surface area contributed by atoms with Crippen molar-refractivity contribution < 1.29 is 9.53 Å². The number of hydrogen-bond acceptors (Lipinski definition) is 5. The van der Waals surface area contributed by atoms with Crippen molar-refractivity contribution in [1.29, 1.82) is 0 Å². The molecule has 2 rings (SSSR count). The highest BCUT2D eigenvalue weighted by Crippen LogP contribution is 2.36. The van der Waals surface area contributed by atoms with Crippen molar-refractivity contribution in [3.63, 3.8) is 0 Å². The lowest BCUT2D eigenvalue weighted by atomic mass is 9.80. The van der Waals surface area contributed by atoms with E-state index >= 15 is 0 Å². The first-order valence-corrected chi connectivity index (χ1v) is 9.84. The number of nitrogens with zero attached hydrogens (tertiary/aromatic N) is 3. The highest BCUT2D eigenvalue weighted by Gasteiger charge is 2.24. The predicted molar refractivity (Wildman–Crippen MR) is 117 cm³/mol. The maximum absolute atomic E-state index is 12.6. The summed E-state index contributed by atoms with van der Waals surface area (Å²) in [6.45, 7) is 15.0. The van der Waals surface area contributed by atoms with E-state index in [-0.39, 0.29) is 29.3 Å². The van der Waals surface area contributed by atoms with E-state index in [2.05, 4.69) is 63.6 Å². The second-order valence-electron chi connectivity index (χ2n) is 9.69. The molecule has 1 amide bonds. The maximum atomic E-state index is 12.6. The molecule has 0 saturated carbocycles. The van der Waals surface area contributed by atoms with Crippen molar-refractivity contribution in [3.8, 4) is 5.75 Å². The number of benzene rings is 1. The number of amides is 1. The van der Waals surface area contributed by atoms with Gasteiger partial charge >= 0.3 is 0 Å². The fourth-order valence-corrected chi connectivity index (χ4v) is 3.12. The lowest BCUT2D eigenvalue weighted by molar-refractivity contribution is 0.0823. The van der Waals surface area contributed by atoms with Crippen molar-refractivity contribution >= 4 is 11.9 Å². The fourth-order valence-electron chi connectivity index (χ4n) is 3.12. The summed E-state index contributed by atoms with van der Waals surface area (Å²) in [4.78, 5) is 22.6. The van der Waals surface area contributed by atoms with Gasteiger partial charge in [0.2, 0.25) is 5.95 Å². The van der Waals surface area contributed by atoms with E-state index in [4.69, 9.17) is 10.5 Å². The van der Waals surface area contributed by atoms with E-state index in [1.165, 1.54) is 10.5 Å². The number of carbonyl (C=O) groups is 1. The third-order valence-electron chi connectivity index (χ3n) is 4.82. The van der Waals surface area contributed by atoms with Crippen LogP contribution in [0.4, 0.5) is 5.95 Å². The molecule has 0 aliphatic rings. The van der Waals surface area contributed by atoms with Gasteiger partial charge in [0.05, 0.1) is 17.0 Å². The molecule has 2 N–H and O–H groups in total. The van der Waals surface area contributed by atoms with Crippen molar-refractivity contribution in [2.75, 3.05) is 19.8 Å². The number of aromatic nitrogens is 2. The topological polar surface area (TPSA) is 81.3 Å². The first kappa shape index (κ1) is 22.7. The number of carbonyl (C=O) groups excluding carboxylic acids is 1. The van der Waals surface area contributed by atoms with Crippen LogP contribution in [0.25, 0.3) is 0 Å². The third-order valence-corrected chi connectivity index (χ3v) is 4.82. The molecule has 1 heterocycles. The van der Waals surface area contributed by atoms with Gasteiger partial charge in [-0.3, -0.25) is 4.79 Å². The zero-order chi connectivity index (χ0) is 22.1. The minimum absolute atomic E-state index is 0.0437. The second-order valence-corrected chi connectivity index (χ2v) is 9.69. The number of ether oxygens (including phenoxy) is 1. The van der Waals surface area contributed by atoms with Gasteiger partial charge in [-0.1, -0.05) is 53.7 Å². The number of nitrogens with two attached hydrogens (primary N) is 1. The molecule has 6 heteroatoms. The van der Waals surface area contributed by atoms with Crippen molar-refractivity contribution in [3.05, 3.63) is 46.3 Å². The summed E-state index contributed by atoms with van der Waals surface area (Å²) in [6, 6.07) is 6.31. The molecular weight excluding hydrogens is 364 g/mol. The summed E-state index contributed by atoms with van der Waals surface area (Å²) in [5.41, 5.74) is 9.63. The van der Waals surface area contributed by atoms with Crippen LogP contribution in [0.2, 0.25) is 0 Å². The molecular formula is C23H34N4O2. The van der Waals surface area contributed by atoms with Crippen LogP contribution < -0.4 is 10.5 Å². The Kier molecular flexibility index (Phi) is 6.26. The van der Waals surface area contributed by atoms with Gasteiger partial charge in [-0.15, -0.1) is 0 Å². The molecule has 0 saturated heterocycles. The normalized spacial score (nSPS) is 12.0. The first-order valence-electron chi connectivity index (χ1n) is 9.84. The van der Waals surface area contributed by atoms with Crippen LogP contribution in [0.15, 0.2) is 18.2 Å². The minimum Gasteiger partial charge on any atom is -0.487 e. The largest absolute Gasteiger partial charge is 0.487 e. The van der Waals surface area contributed by atoms with Crippen LogP contribution in [0.3, 0.4) is 0 Å². The molecule has 158 valence electrons. The number of anilines is 1. The Morgan fingerprint density at radius 2 is 1.69 bits per heavy atom. The number of aryl methyl sites for hydroxylation is 1. The van der Waals surface area contributed by atoms with Gasteiger partial charge in [-0.2, -0.15) is 0 Å². The third kappa shape index (κ3) is 5.25. The first-order chi connectivity index (χ1) is 13.2. The molecule has 0 fully saturated rings. The number of nitrogen functional groups attached to an aromatic ring is 1. The second kappa shape index (κ2) is 8.01. The van der Waals surface area contributed by atoms with E-state index in [1.807, 2.05) is 6.07 Å². The molecule has 2 aromatic rings. The summed E-state index contributed by atoms with van der Waals surface area (Å²) < 4.78 is 6.18. The lowest BCUT2D eigenvalue weighted by Crippen LogP contribution is -2.26. The van der Waals surface area contributed by atoms with Crippen LogP contribution in [0.1, 0.15) is 74.4 Å². The van der Waals surface area contributed by atoms with E-state index in [0.29, 0.717) is 17.0 Å². The predicted octanol–water partition coefficient (Wildman–Crippen LogP) is 4.24. The van der Waals surface area contributed by atoms with Crippen LogP contribution in [0.5, 0.6) is 5.75 Å². The Morgan fingerprint density at radius 3 is 2.21 bits per heavy atom. The maximum Gasteiger partial charge on any atom is 0.257 e. The SMILES string of the molecule is Cc1nc(N)nc(COc2ccc(C(C)(C)C)cc2C(C)(C)C)c1C(=O)N(C)C. The Hall–Kier alpha value is -2.63. The summed E-state index contributed by atoms with van der Waals surface area (Å²) >= 11 is 0. The van der Waals surface area contributed by atoms with Gasteiger partial charge in [0.1, 0.15) is 12.4 Å². The van der Waals surface area contributed by atoms with Gasteiger partial charge < -0.3 is 15.4 Å². The quantitative estimate of drug-likeness (QED) is 0.833. The Morgan fingerprint density at radius 1 is 1.07 bits per heavy atom. The highest BCUT2D eigenvalue weighted by molar-refractivity contribution is 5.96. The van der Waals surface area contributed by atoms with Crippen molar-refractivity contribution in [2.24, 2.45) is 0 Å². The summed E-state index contributed by atoms with van der Waals surface area (Å²) in [7, 11) is 3.40. The van der Waals surface area contributed by atoms with Gasteiger partial charge in [0, 0.05) is 14.1 Å². The number of rotatable bonds is 4. The smallest absolute Gasteiger partial charge is 0.257 e. The van der Waals surface area contributed by atoms with Gasteiger partial charge in [-0.05, 0) is 34.9 Å². The Bertz CT molecular complexity index is 906. The minimum atomic E-state index is -0.166. The summed E-state index contributed by atoms with van der Waals surface area (Å²) in [6.07, 6.45) is 0. The number of hydrogen-bond donors (Lipinski definition) is 1. The standard InChI is InChI=1S/C23H34N4O2/c1-14-19(20(28)27(8)9)17(26-21(24)25-14)13-29-18-11-10-15(22(2,3)4)12-16(18)23(5,6)7/h10-12H,13H2,1-9H3,(H2,24,25,26). The zero-order valence-corrected chi connectivity index (χ0v) is 19.2. The van der Waals surface area contributed by atoms with Gasteiger partial charge in [0.15, 0.2) is 0 Å². The highest BCUT2D eigenvalue weighted by atomic mass is 16.5. The monoisotopic (exact) mass is 398 g/mol. The molecule has 0 aliphatic heterocycles. The van der Waals surface area contributed by atoms with Crippen LogP contribution in [-0.4, -0.2) is 34.9 Å². The zero-order valence-electron chi connectivity index (χ0n) is 19.2. The van der Waals surface area contributed by atoms with E-state index < -0.39 is 0 Å². The van der Waals surface area contributed by atoms with Crippen molar-refractivity contribution in [2.45, 2.75) is 65.9 Å². The molecule has 0 bridgehead atoms. The van der Waals surface area contributed by atoms with Crippen LogP contribution >= 0.6 is 0 Å². The molecule has 29 heavy (non-hydrogen) atoms. The summed E-state index contributed by atoms with van der Waals surface area (Å²) in [5, 5.41) is 0. The van der Waals surface area contributed by atoms with Gasteiger partial charge in [-0.25, -0.2) is 9.97 Å². The fraction of sp³-hybridized carbons (Fsp3) is 0.522. The average Bonchev–Trinajstić information content (AvgIpc) is 2.57.